The van der Waals surface area contributed by atoms with E-state index in [2.05, 4.69) is 4.98 Å². The summed E-state index contributed by atoms with van der Waals surface area (Å²) in [5.74, 6) is 0.999. The van der Waals surface area contributed by atoms with Crippen molar-refractivity contribution in [1.82, 2.24) is 14.8 Å². The van der Waals surface area contributed by atoms with Crippen LogP contribution in [-0.4, -0.2) is 71.8 Å². The van der Waals surface area contributed by atoms with Crippen LogP contribution in [0.15, 0.2) is 18.2 Å². The standard InChI is InChI=1S/C23H29N3O5/c1-14-10-15-11-19-17(12-18(15)24-20(14)29-5)21(27)26-8-7-25(13-16(26)6-9-30-19)22(28)31-23(2,3)4/h10-12,16H,6-9,13H2,1-5H3/t16-/m0/s1. The van der Waals surface area contributed by atoms with Gasteiger partial charge in [-0.15, -0.1) is 0 Å². The first-order valence-electron chi connectivity index (χ1n) is 10.6. The Hall–Kier alpha value is -3.03. The van der Waals surface area contributed by atoms with Crippen molar-refractivity contribution in [2.24, 2.45) is 0 Å². The zero-order valence-corrected chi connectivity index (χ0v) is 18.7. The van der Waals surface area contributed by atoms with Crippen molar-refractivity contribution in [1.29, 1.82) is 0 Å². The number of rotatable bonds is 1. The second kappa shape index (κ2) is 7.90. The van der Waals surface area contributed by atoms with Gasteiger partial charge in [0, 0.05) is 37.0 Å². The van der Waals surface area contributed by atoms with E-state index in [-0.39, 0.29) is 18.0 Å². The van der Waals surface area contributed by atoms with Crippen LogP contribution in [0.2, 0.25) is 0 Å². The number of benzene rings is 1. The van der Waals surface area contributed by atoms with Crippen molar-refractivity contribution < 1.29 is 23.8 Å². The van der Waals surface area contributed by atoms with Gasteiger partial charge in [-0.05, 0) is 45.9 Å². The fraction of sp³-hybridized carbons (Fsp3) is 0.522. The average Bonchev–Trinajstić information content (AvgIpc) is 2.70. The largest absolute Gasteiger partial charge is 0.493 e. The van der Waals surface area contributed by atoms with E-state index in [1.807, 2.05) is 44.7 Å². The molecule has 1 fully saturated rings. The zero-order valence-electron chi connectivity index (χ0n) is 18.7. The summed E-state index contributed by atoms with van der Waals surface area (Å²) >= 11 is 0. The lowest BCUT2D eigenvalue weighted by Crippen LogP contribution is -2.58. The zero-order chi connectivity index (χ0) is 22.3. The van der Waals surface area contributed by atoms with E-state index in [1.165, 1.54) is 0 Å². The lowest BCUT2D eigenvalue weighted by atomic mass is 10.0. The second-order valence-corrected chi connectivity index (χ2v) is 9.07. The molecular formula is C23H29N3O5. The van der Waals surface area contributed by atoms with E-state index >= 15 is 0 Å². The summed E-state index contributed by atoms with van der Waals surface area (Å²) in [7, 11) is 1.58. The Morgan fingerprint density at radius 1 is 1.23 bits per heavy atom. The Kier molecular flexibility index (Phi) is 5.41. The van der Waals surface area contributed by atoms with E-state index < -0.39 is 5.60 Å². The van der Waals surface area contributed by atoms with Gasteiger partial charge in [0.25, 0.3) is 5.91 Å². The van der Waals surface area contributed by atoms with Gasteiger partial charge in [-0.25, -0.2) is 9.78 Å². The van der Waals surface area contributed by atoms with Gasteiger partial charge in [-0.3, -0.25) is 4.79 Å². The maximum absolute atomic E-state index is 13.4. The molecule has 8 nitrogen and oxygen atoms in total. The van der Waals surface area contributed by atoms with Crippen LogP contribution < -0.4 is 9.47 Å². The van der Waals surface area contributed by atoms with E-state index in [1.54, 1.807) is 18.1 Å². The SMILES string of the molecule is COc1nc2cc3c(cc2cc1C)OCC[C@H]1CN(C(=O)OC(C)(C)C)CCN1C3=O. The van der Waals surface area contributed by atoms with Crippen LogP contribution in [0.3, 0.4) is 0 Å². The third-order valence-corrected chi connectivity index (χ3v) is 5.59. The smallest absolute Gasteiger partial charge is 0.410 e. The molecule has 31 heavy (non-hydrogen) atoms. The Balaban J connectivity index is 1.62. The Bertz CT molecular complexity index is 1030. The van der Waals surface area contributed by atoms with Crippen molar-refractivity contribution >= 4 is 22.9 Å². The van der Waals surface area contributed by atoms with Crippen molar-refractivity contribution in [3.63, 3.8) is 0 Å². The lowest BCUT2D eigenvalue weighted by Gasteiger charge is -2.42. The number of carbonyl (C=O) groups excluding carboxylic acids is 2. The third-order valence-electron chi connectivity index (χ3n) is 5.59. The molecule has 2 aromatic rings. The first kappa shape index (κ1) is 21.2. The minimum absolute atomic E-state index is 0.105. The monoisotopic (exact) mass is 427 g/mol. The molecule has 3 heterocycles. The number of amides is 2. The van der Waals surface area contributed by atoms with Crippen LogP contribution >= 0.6 is 0 Å². The molecular weight excluding hydrogens is 398 g/mol. The number of piperazine rings is 1. The van der Waals surface area contributed by atoms with Gasteiger partial charge in [0.2, 0.25) is 5.88 Å². The highest BCUT2D eigenvalue weighted by Crippen LogP contribution is 2.32. The molecule has 166 valence electrons. The van der Waals surface area contributed by atoms with Crippen molar-refractivity contribution in [2.45, 2.75) is 45.8 Å². The molecule has 0 N–H and O–H groups in total. The van der Waals surface area contributed by atoms with E-state index in [4.69, 9.17) is 14.2 Å². The molecule has 0 aliphatic carbocycles. The van der Waals surface area contributed by atoms with Gasteiger partial charge >= 0.3 is 6.09 Å². The topological polar surface area (TPSA) is 81.2 Å². The highest BCUT2D eigenvalue weighted by molar-refractivity contribution is 6.01. The molecule has 1 aromatic carbocycles. The predicted octanol–water partition coefficient (Wildman–Crippen LogP) is 3.40. The molecule has 1 saturated heterocycles. The van der Waals surface area contributed by atoms with Crippen LogP contribution in [0.1, 0.15) is 43.1 Å². The summed E-state index contributed by atoms with van der Waals surface area (Å²) in [6.07, 6.45) is 0.295. The molecule has 1 aromatic heterocycles. The summed E-state index contributed by atoms with van der Waals surface area (Å²) in [6, 6.07) is 5.51. The molecule has 0 saturated carbocycles. The number of pyridine rings is 1. The quantitative estimate of drug-likeness (QED) is 0.694. The minimum Gasteiger partial charge on any atom is -0.493 e. The third kappa shape index (κ3) is 4.24. The second-order valence-electron chi connectivity index (χ2n) is 9.07. The predicted molar refractivity (Wildman–Crippen MR) is 116 cm³/mol. The summed E-state index contributed by atoms with van der Waals surface area (Å²) in [4.78, 5) is 34.0. The highest BCUT2D eigenvalue weighted by Gasteiger charge is 2.36. The van der Waals surface area contributed by atoms with Crippen LogP contribution in [0, 0.1) is 6.92 Å². The molecule has 4 rings (SSSR count). The number of hydrogen-bond donors (Lipinski definition) is 0. The number of fused-ring (bicyclic) bond motifs is 3. The molecule has 0 bridgehead atoms. The van der Waals surface area contributed by atoms with Gasteiger partial charge in [0.1, 0.15) is 11.4 Å². The summed E-state index contributed by atoms with van der Waals surface area (Å²) < 4.78 is 16.8. The first-order valence-corrected chi connectivity index (χ1v) is 10.6. The maximum atomic E-state index is 13.4. The molecule has 0 spiro atoms. The molecule has 2 aliphatic rings. The Morgan fingerprint density at radius 3 is 2.71 bits per heavy atom. The number of hydrogen-bond acceptors (Lipinski definition) is 6. The van der Waals surface area contributed by atoms with Gasteiger partial charge in [0.05, 0.1) is 30.8 Å². The number of aryl methyl sites for hydroxylation is 1. The maximum Gasteiger partial charge on any atom is 0.410 e. The van der Waals surface area contributed by atoms with Crippen LogP contribution in [0.5, 0.6) is 11.6 Å². The minimum atomic E-state index is -0.555. The summed E-state index contributed by atoms with van der Waals surface area (Å²) in [6.45, 7) is 9.25. The molecule has 2 amide bonds. The number of aromatic nitrogens is 1. The first-order chi connectivity index (χ1) is 14.7. The summed E-state index contributed by atoms with van der Waals surface area (Å²) in [5.41, 5.74) is 1.54. The highest BCUT2D eigenvalue weighted by atomic mass is 16.6. The van der Waals surface area contributed by atoms with Gasteiger partial charge in [-0.2, -0.15) is 0 Å². The molecule has 8 heteroatoms. The number of ether oxygens (including phenoxy) is 3. The molecule has 2 aliphatic heterocycles. The molecule has 0 radical (unpaired) electrons. The normalized spacial score (nSPS) is 19.1. The Morgan fingerprint density at radius 2 is 2.00 bits per heavy atom. The van der Waals surface area contributed by atoms with Crippen LogP contribution in [-0.2, 0) is 4.74 Å². The number of methoxy groups -OCH3 is 1. The van der Waals surface area contributed by atoms with E-state index in [9.17, 15) is 9.59 Å². The molecule has 0 unspecified atom stereocenters. The van der Waals surface area contributed by atoms with E-state index in [0.29, 0.717) is 55.4 Å². The fourth-order valence-corrected chi connectivity index (χ4v) is 4.10. The summed E-state index contributed by atoms with van der Waals surface area (Å²) in [5, 5.41) is 0.900. The fourth-order valence-electron chi connectivity index (χ4n) is 4.10. The van der Waals surface area contributed by atoms with Gasteiger partial charge < -0.3 is 24.0 Å². The van der Waals surface area contributed by atoms with Gasteiger partial charge in [0.15, 0.2) is 0 Å². The van der Waals surface area contributed by atoms with Crippen LogP contribution in [0.25, 0.3) is 10.9 Å². The van der Waals surface area contributed by atoms with Crippen LogP contribution in [0.4, 0.5) is 4.79 Å². The number of nitrogens with zero attached hydrogens (tertiary/aromatic N) is 3. The lowest BCUT2D eigenvalue weighted by molar-refractivity contribution is 0.00110. The Labute approximate surface area is 182 Å². The van der Waals surface area contributed by atoms with E-state index in [0.717, 1.165) is 10.9 Å². The average molecular weight is 428 g/mol. The van der Waals surface area contributed by atoms with Crippen molar-refractivity contribution in [3.8, 4) is 11.6 Å². The molecule has 1 atom stereocenters. The van der Waals surface area contributed by atoms with Gasteiger partial charge in [-0.1, -0.05) is 0 Å². The van der Waals surface area contributed by atoms with Crippen molar-refractivity contribution in [3.05, 3.63) is 29.3 Å². The van der Waals surface area contributed by atoms with Crippen molar-refractivity contribution in [2.75, 3.05) is 33.4 Å². The number of carbonyl (C=O) groups is 2.